The van der Waals surface area contributed by atoms with Crippen LogP contribution in [0.25, 0.3) is 0 Å². The number of hydrogen-bond acceptors (Lipinski definition) is 4. The molecule has 1 fully saturated rings. The summed E-state index contributed by atoms with van der Waals surface area (Å²) in [6.07, 6.45) is 0.0266. The van der Waals surface area contributed by atoms with Gasteiger partial charge in [0.25, 0.3) is 0 Å². The fourth-order valence-electron chi connectivity index (χ4n) is 0.611. The number of cyclic esters (lactones) is 1. The lowest BCUT2D eigenvalue weighted by Crippen LogP contribution is -2.41. The molecule has 9 heavy (non-hydrogen) atoms. The van der Waals surface area contributed by atoms with Crippen LogP contribution in [0.15, 0.2) is 0 Å². The van der Waals surface area contributed by atoms with Crippen molar-refractivity contribution in [3.63, 3.8) is 0 Å². The second-order valence-corrected chi connectivity index (χ2v) is 1.94. The number of Topliss-reactive ketones (excluding diaryl/α,β-unsaturated/α-hetero) is 1. The number of carbonyl (C=O) groups is 2. The van der Waals surface area contributed by atoms with Gasteiger partial charge in [0.2, 0.25) is 0 Å². The molecule has 1 atom stereocenters. The van der Waals surface area contributed by atoms with Crippen molar-refractivity contribution >= 4 is 11.8 Å². The molecular formula is C5H7NO3. The number of hydrogen-bond donors (Lipinski definition) is 1. The third-order valence-corrected chi connectivity index (χ3v) is 1.18. The highest BCUT2D eigenvalue weighted by Crippen LogP contribution is 2.00. The standard InChI is InChI=1S/C5H7NO3/c6-3-1-5(8)9-2-4(3)7/h3H,1-2,6H2. The molecule has 4 nitrogen and oxygen atoms in total. The Balaban J connectivity index is 2.54. The molecular weight excluding hydrogens is 122 g/mol. The molecule has 0 radical (unpaired) electrons. The van der Waals surface area contributed by atoms with Crippen molar-refractivity contribution in [3.8, 4) is 0 Å². The van der Waals surface area contributed by atoms with Crippen molar-refractivity contribution < 1.29 is 14.3 Å². The van der Waals surface area contributed by atoms with Gasteiger partial charge in [-0.05, 0) is 0 Å². The molecule has 0 saturated carbocycles. The minimum Gasteiger partial charge on any atom is -0.458 e. The van der Waals surface area contributed by atoms with Crippen molar-refractivity contribution in [2.24, 2.45) is 5.73 Å². The predicted octanol–water partition coefficient (Wildman–Crippen LogP) is -1.17. The molecule has 0 aromatic carbocycles. The molecule has 0 spiro atoms. The Bertz CT molecular complexity index is 154. The molecule has 2 N–H and O–H groups in total. The van der Waals surface area contributed by atoms with Gasteiger partial charge in [0.1, 0.15) is 0 Å². The van der Waals surface area contributed by atoms with Crippen LogP contribution in [0.2, 0.25) is 0 Å². The summed E-state index contributed by atoms with van der Waals surface area (Å²) < 4.78 is 4.39. The van der Waals surface area contributed by atoms with Crippen molar-refractivity contribution in [2.75, 3.05) is 6.61 Å². The quantitative estimate of drug-likeness (QED) is 0.418. The molecule has 50 valence electrons. The van der Waals surface area contributed by atoms with Crippen LogP contribution in [-0.4, -0.2) is 24.4 Å². The molecule has 0 bridgehead atoms. The van der Waals surface area contributed by atoms with Crippen LogP contribution in [0.5, 0.6) is 0 Å². The second kappa shape index (κ2) is 2.14. The number of nitrogens with two attached hydrogens (primary N) is 1. The first-order valence-electron chi connectivity index (χ1n) is 2.64. The first kappa shape index (κ1) is 6.22. The molecule has 1 aliphatic rings. The highest BCUT2D eigenvalue weighted by Gasteiger charge is 2.24. The van der Waals surface area contributed by atoms with Gasteiger partial charge in [-0.15, -0.1) is 0 Å². The maximum atomic E-state index is 10.5. The summed E-state index contributed by atoms with van der Waals surface area (Å²) in [7, 11) is 0. The lowest BCUT2D eigenvalue weighted by molar-refractivity contribution is -0.154. The molecule has 1 unspecified atom stereocenters. The highest BCUT2D eigenvalue weighted by molar-refractivity contribution is 5.93. The lowest BCUT2D eigenvalue weighted by atomic mass is 10.1. The van der Waals surface area contributed by atoms with E-state index in [4.69, 9.17) is 5.73 Å². The summed E-state index contributed by atoms with van der Waals surface area (Å²) in [4.78, 5) is 20.9. The third-order valence-electron chi connectivity index (χ3n) is 1.18. The second-order valence-electron chi connectivity index (χ2n) is 1.94. The minimum absolute atomic E-state index is 0.0266. The average Bonchev–Trinajstić information content (AvgIpc) is 1.80. The largest absolute Gasteiger partial charge is 0.458 e. The first-order valence-corrected chi connectivity index (χ1v) is 2.64. The van der Waals surface area contributed by atoms with Gasteiger partial charge < -0.3 is 10.5 Å². The van der Waals surface area contributed by atoms with Crippen LogP contribution in [0, 0.1) is 0 Å². The highest BCUT2D eigenvalue weighted by atomic mass is 16.5. The van der Waals surface area contributed by atoms with Gasteiger partial charge in [0.15, 0.2) is 12.4 Å². The predicted molar refractivity (Wildman–Crippen MR) is 28.6 cm³/mol. The van der Waals surface area contributed by atoms with E-state index in [-0.39, 0.29) is 24.8 Å². The Labute approximate surface area is 52.0 Å². The molecule has 4 heteroatoms. The van der Waals surface area contributed by atoms with Gasteiger partial charge in [-0.1, -0.05) is 0 Å². The molecule has 0 amide bonds. The maximum Gasteiger partial charge on any atom is 0.308 e. The number of ketones is 1. The van der Waals surface area contributed by atoms with Crippen LogP contribution < -0.4 is 5.73 Å². The summed E-state index contributed by atoms with van der Waals surface area (Å²) in [5.41, 5.74) is 5.22. The molecule has 1 saturated heterocycles. The summed E-state index contributed by atoms with van der Waals surface area (Å²) in [6.45, 7) is -0.153. The Hall–Kier alpha value is -0.900. The Morgan fingerprint density at radius 3 is 2.67 bits per heavy atom. The monoisotopic (exact) mass is 129 g/mol. The molecule has 1 rings (SSSR count). The van der Waals surface area contributed by atoms with Gasteiger partial charge in [-0.3, -0.25) is 9.59 Å². The van der Waals surface area contributed by atoms with Crippen molar-refractivity contribution in [1.82, 2.24) is 0 Å². The number of esters is 1. The van der Waals surface area contributed by atoms with Gasteiger partial charge in [0.05, 0.1) is 12.5 Å². The van der Waals surface area contributed by atoms with Gasteiger partial charge in [-0.25, -0.2) is 0 Å². The summed E-state index contributed by atoms with van der Waals surface area (Å²) in [5.74, 6) is -0.586. The third kappa shape index (κ3) is 1.26. The van der Waals surface area contributed by atoms with Crippen LogP contribution in [0.3, 0.4) is 0 Å². The molecule has 1 heterocycles. The van der Waals surface area contributed by atoms with Crippen molar-refractivity contribution in [1.29, 1.82) is 0 Å². The van der Waals surface area contributed by atoms with E-state index in [0.29, 0.717) is 0 Å². The van der Waals surface area contributed by atoms with Gasteiger partial charge in [0, 0.05) is 0 Å². The van der Waals surface area contributed by atoms with E-state index >= 15 is 0 Å². The number of ether oxygens (including phenoxy) is 1. The summed E-state index contributed by atoms with van der Waals surface area (Å²) in [5, 5.41) is 0. The zero-order valence-corrected chi connectivity index (χ0v) is 4.79. The summed E-state index contributed by atoms with van der Waals surface area (Å²) in [6, 6.07) is -0.633. The molecule has 0 aromatic heterocycles. The SMILES string of the molecule is NC1CC(=O)OCC1=O. The Morgan fingerprint density at radius 1 is 1.56 bits per heavy atom. The van der Waals surface area contributed by atoms with E-state index in [1.165, 1.54) is 0 Å². The van der Waals surface area contributed by atoms with Crippen LogP contribution in [-0.2, 0) is 14.3 Å². The van der Waals surface area contributed by atoms with Crippen LogP contribution >= 0.6 is 0 Å². The Kier molecular flexibility index (Phi) is 1.48. The Morgan fingerprint density at radius 2 is 2.22 bits per heavy atom. The van der Waals surface area contributed by atoms with E-state index in [1.54, 1.807) is 0 Å². The molecule has 1 aliphatic heterocycles. The van der Waals surface area contributed by atoms with Crippen LogP contribution in [0.1, 0.15) is 6.42 Å². The number of carbonyl (C=O) groups excluding carboxylic acids is 2. The van der Waals surface area contributed by atoms with E-state index in [0.717, 1.165) is 0 Å². The van der Waals surface area contributed by atoms with E-state index in [1.807, 2.05) is 0 Å². The molecule has 0 aromatic rings. The van der Waals surface area contributed by atoms with E-state index < -0.39 is 6.04 Å². The lowest BCUT2D eigenvalue weighted by Gasteiger charge is -2.15. The maximum absolute atomic E-state index is 10.5. The number of rotatable bonds is 0. The fraction of sp³-hybridized carbons (Fsp3) is 0.600. The van der Waals surface area contributed by atoms with Crippen molar-refractivity contribution in [2.45, 2.75) is 12.5 Å². The smallest absolute Gasteiger partial charge is 0.308 e. The van der Waals surface area contributed by atoms with E-state index in [9.17, 15) is 9.59 Å². The van der Waals surface area contributed by atoms with Gasteiger partial charge >= 0.3 is 5.97 Å². The minimum atomic E-state index is -0.633. The van der Waals surface area contributed by atoms with Crippen LogP contribution in [0.4, 0.5) is 0 Å². The normalized spacial score (nSPS) is 27.9. The fourth-order valence-corrected chi connectivity index (χ4v) is 0.611. The zero-order valence-electron chi connectivity index (χ0n) is 4.79. The molecule has 0 aliphatic carbocycles. The van der Waals surface area contributed by atoms with E-state index in [2.05, 4.69) is 4.74 Å². The van der Waals surface area contributed by atoms with Gasteiger partial charge in [-0.2, -0.15) is 0 Å². The zero-order chi connectivity index (χ0) is 6.85. The summed E-state index contributed by atoms with van der Waals surface area (Å²) >= 11 is 0. The van der Waals surface area contributed by atoms with Crippen molar-refractivity contribution in [3.05, 3.63) is 0 Å². The average molecular weight is 129 g/mol. The first-order chi connectivity index (χ1) is 4.20. The topological polar surface area (TPSA) is 69.4 Å².